The lowest BCUT2D eigenvalue weighted by Gasteiger charge is -2.36. The van der Waals surface area contributed by atoms with Gasteiger partial charge in [0.25, 0.3) is 0 Å². The van der Waals surface area contributed by atoms with Gasteiger partial charge in [-0.15, -0.1) is 24.0 Å². The molecule has 158 valence electrons. The van der Waals surface area contributed by atoms with Crippen LogP contribution < -0.4 is 5.32 Å². The lowest BCUT2D eigenvalue weighted by Crippen LogP contribution is -2.52. The smallest absolute Gasteiger partial charge is 0.194 e. The van der Waals surface area contributed by atoms with Gasteiger partial charge in [-0.05, 0) is 12.5 Å². The third kappa shape index (κ3) is 9.86. The first-order chi connectivity index (χ1) is 13.3. The highest BCUT2D eigenvalue weighted by Gasteiger charge is 2.18. The zero-order chi connectivity index (χ0) is 19.2. The van der Waals surface area contributed by atoms with Gasteiger partial charge in [-0.25, -0.2) is 0 Å². The second kappa shape index (κ2) is 15.7. The van der Waals surface area contributed by atoms with Crippen LogP contribution in [-0.4, -0.2) is 88.5 Å². The quantitative estimate of drug-likeness (QED) is 0.231. The zero-order valence-electron chi connectivity index (χ0n) is 17.2. The molecular formula is C21H35IN4O2. The Morgan fingerprint density at radius 1 is 1.11 bits per heavy atom. The zero-order valence-corrected chi connectivity index (χ0v) is 19.5. The van der Waals surface area contributed by atoms with Crippen LogP contribution in [0.15, 0.2) is 41.4 Å². The molecular weight excluding hydrogens is 467 g/mol. The summed E-state index contributed by atoms with van der Waals surface area (Å²) in [6.45, 7) is 10.6. The van der Waals surface area contributed by atoms with Gasteiger partial charge in [-0.3, -0.25) is 9.89 Å². The van der Waals surface area contributed by atoms with E-state index in [0.29, 0.717) is 26.4 Å². The SMILES string of the molecule is CCNC(=NCCOCCOC)N1CCN(C/C=C/c2ccccc2)CC1.I. The molecule has 1 aromatic carbocycles. The molecule has 0 aliphatic carbocycles. The van der Waals surface area contributed by atoms with E-state index in [0.717, 1.165) is 45.2 Å². The molecule has 6 nitrogen and oxygen atoms in total. The van der Waals surface area contributed by atoms with Gasteiger partial charge in [-0.1, -0.05) is 42.5 Å². The molecule has 1 aromatic rings. The van der Waals surface area contributed by atoms with Crippen molar-refractivity contribution < 1.29 is 9.47 Å². The number of hydrogen-bond acceptors (Lipinski definition) is 4. The number of piperazine rings is 1. The van der Waals surface area contributed by atoms with Crippen LogP contribution >= 0.6 is 24.0 Å². The van der Waals surface area contributed by atoms with Crippen molar-refractivity contribution in [1.29, 1.82) is 0 Å². The Kier molecular flexibility index (Phi) is 14.0. The van der Waals surface area contributed by atoms with E-state index in [1.54, 1.807) is 7.11 Å². The largest absolute Gasteiger partial charge is 0.382 e. The normalized spacial score (nSPS) is 15.6. The average molecular weight is 502 g/mol. The maximum Gasteiger partial charge on any atom is 0.194 e. The summed E-state index contributed by atoms with van der Waals surface area (Å²) in [5.41, 5.74) is 1.26. The van der Waals surface area contributed by atoms with Crippen molar-refractivity contribution in [1.82, 2.24) is 15.1 Å². The van der Waals surface area contributed by atoms with Gasteiger partial charge in [-0.2, -0.15) is 0 Å². The molecule has 2 rings (SSSR count). The number of rotatable bonds is 10. The fraction of sp³-hybridized carbons (Fsp3) is 0.571. The Labute approximate surface area is 187 Å². The Bertz CT molecular complexity index is 561. The van der Waals surface area contributed by atoms with Crippen LogP contribution in [0.25, 0.3) is 6.08 Å². The summed E-state index contributed by atoms with van der Waals surface area (Å²) < 4.78 is 10.5. The van der Waals surface area contributed by atoms with E-state index in [1.165, 1.54) is 5.56 Å². The summed E-state index contributed by atoms with van der Waals surface area (Å²) in [4.78, 5) is 9.52. The Balaban J connectivity index is 0.00000392. The first kappa shape index (κ1) is 24.9. The van der Waals surface area contributed by atoms with Crippen LogP contribution in [-0.2, 0) is 9.47 Å². The van der Waals surface area contributed by atoms with Crippen molar-refractivity contribution in [2.45, 2.75) is 6.92 Å². The molecule has 0 radical (unpaired) electrons. The Morgan fingerprint density at radius 3 is 2.54 bits per heavy atom. The molecule has 1 aliphatic rings. The highest BCUT2D eigenvalue weighted by molar-refractivity contribution is 14.0. The minimum atomic E-state index is 0. The fourth-order valence-corrected chi connectivity index (χ4v) is 2.93. The number of halogens is 1. The highest BCUT2D eigenvalue weighted by atomic mass is 127. The summed E-state index contributed by atoms with van der Waals surface area (Å²) in [6.07, 6.45) is 4.45. The molecule has 0 atom stereocenters. The van der Waals surface area contributed by atoms with Crippen LogP contribution in [0.1, 0.15) is 12.5 Å². The molecule has 0 unspecified atom stereocenters. The number of nitrogens with one attached hydrogen (secondary N) is 1. The third-order valence-electron chi connectivity index (χ3n) is 4.41. The van der Waals surface area contributed by atoms with Gasteiger partial charge >= 0.3 is 0 Å². The number of benzene rings is 1. The monoisotopic (exact) mass is 502 g/mol. The van der Waals surface area contributed by atoms with Gasteiger partial charge in [0.2, 0.25) is 0 Å². The third-order valence-corrected chi connectivity index (χ3v) is 4.41. The topological polar surface area (TPSA) is 49.3 Å². The molecule has 0 aromatic heterocycles. The molecule has 1 N–H and O–H groups in total. The van der Waals surface area contributed by atoms with E-state index in [4.69, 9.17) is 14.5 Å². The van der Waals surface area contributed by atoms with E-state index in [2.05, 4.69) is 58.5 Å². The summed E-state index contributed by atoms with van der Waals surface area (Å²) in [5.74, 6) is 0.993. The molecule has 1 aliphatic heterocycles. The van der Waals surface area contributed by atoms with Gasteiger partial charge in [0, 0.05) is 46.4 Å². The van der Waals surface area contributed by atoms with Crippen LogP contribution in [0.2, 0.25) is 0 Å². The molecule has 1 saturated heterocycles. The second-order valence-electron chi connectivity index (χ2n) is 6.44. The van der Waals surface area contributed by atoms with Crippen molar-refractivity contribution >= 4 is 36.0 Å². The molecule has 28 heavy (non-hydrogen) atoms. The number of aliphatic imine (C=N–C) groups is 1. The predicted molar refractivity (Wildman–Crippen MR) is 128 cm³/mol. The standard InChI is InChI=1S/C21H34N4O2.HI/c1-3-22-21(23-11-17-27-19-18-26-2)25-15-13-24(14-16-25)12-7-10-20-8-5-4-6-9-20;/h4-10H,3,11-19H2,1-2H3,(H,22,23);1H/b10-7+;. The van der Waals surface area contributed by atoms with Crippen molar-refractivity contribution in [2.75, 3.05) is 72.7 Å². The van der Waals surface area contributed by atoms with Crippen LogP contribution in [0, 0.1) is 0 Å². The van der Waals surface area contributed by atoms with Gasteiger partial charge in [0.05, 0.1) is 26.4 Å². The van der Waals surface area contributed by atoms with Crippen molar-refractivity contribution in [3.63, 3.8) is 0 Å². The van der Waals surface area contributed by atoms with Crippen LogP contribution in [0.4, 0.5) is 0 Å². The Morgan fingerprint density at radius 2 is 1.86 bits per heavy atom. The summed E-state index contributed by atoms with van der Waals surface area (Å²) >= 11 is 0. The maximum atomic E-state index is 5.49. The van der Waals surface area contributed by atoms with E-state index in [-0.39, 0.29) is 24.0 Å². The minimum Gasteiger partial charge on any atom is -0.382 e. The highest BCUT2D eigenvalue weighted by Crippen LogP contribution is 2.05. The van der Waals surface area contributed by atoms with Gasteiger partial charge in [0.1, 0.15) is 0 Å². The predicted octanol–water partition coefficient (Wildman–Crippen LogP) is 2.56. The average Bonchev–Trinajstić information content (AvgIpc) is 2.71. The summed E-state index contributed by atoms with van der Waals surface area (Å²) in [6, 6.07) is 10.5. The molecule has 0 saturated carbocycles. The molecule has 0 spiro atoms. The fourth-order valence-electron chi connectivity index (χ4n) is 2.93. The van der Waals surface area contributed by atoms with Crippen molar-refractivity contribution in [2.24, 2.45) is 4.99 Å². The van der Waals surface area contributed by atoms with E-state index in [9.17, 15) is 0 Å². The van der Waals surface area contributed by atoms with E-state index in [1.807, 2.05) is 6.07 Å². The number of nitrogens with zero attached hydrogens (tertiary/aromatic N) is 3. The van der Waals surface area contributed by atoms with E-state index >= 15 is 0 Å². The van der Waals surface area contributed by atoms with Gasteiger partial charge < -0.3 is 19.7 Å². The number of hydrogen-bond donors (Lipinski definition) is 1. The number of guanidine groups is 1. The minimum absolute atomic E-state index is 0. The molecule has 1 heterocycles. The molecule has 1 fully saturated rings. The lowest BCUT2D eigenvalue weighted by atomic mass is 10.2. The van der Waals surface area contributed by atoms with E-state index < -0.39 is 0 Å². The molecule has 0 amide bonds. The number of methoxy groups -OCH3 is 1. The van der Waals surface area contributed by atoms with Crippen molar-refractivity contribution in [3.8, 4) is 0 Å². The number of ether oxygens (including phenoxy) is 2. The summed E-state index contributed by atoms with van der Waals surface area (Å²) in [7, 11) is 1.68. The van der Waals surface area contributed by atoms with Crippen molar-refractivity contribution in [3.05, 3.63) is 42.0 Å². The first-order valence-electron chi connectivity index (χ1n) is 9.87. The second-order valence-corrected chi connectivity index (χ2v) is 6.44. The first-order valence-corrected chi connectivity index (χ1v) is 9.87. The van der Waals surface area contributed by atoms with Gasteiger partial charge in [0.15, 0.2) is 5.96 Å². The summed E-state index contributed by atoms with van der Waals surface area (Å²) in [5, 5.41) is 3.40. The molecule has 7 heteroatoms. The molecule has 0 bridgehead atoms. The van der Waals surface area contributed by atoms with Crippen LogP contribution in [0.3, 0.4) is 0 Å². The van der Waals surface area contributed by atoms with Crippen LogP contribution in [0.5, 0.6) is 0 Å². The maximum absolute atomic E-state index is 5.49. The lowest BCUT2D eigenvalue weighted by molar-refractivity contribution is 0.0747. The Hall–Kier alpha value is -1.16.